The maximum absolute atomic E-state index is 13.4. The number of nitrogens with one attached hydrogen (secondary N) is 1. The zero-order valence-electron chi connectivity index (χ0n) is 19.2. The number of hydrogen-bond acceptors (Lipinski definition) is 5. The normalized spacial score (nSPS) is 11.8. The van der Waals surface area contributed by atoms with E-state index in [1.54, 1.807) is 24.3 Å². The molecule has 0 radical (unpaired) electrons. The van der Waals surface area contributed by atoms with E-state index in [1.165, 1.54) is 11.8 Å². The Kier molecular flexibility index (Phi) is 7.55. The molecule has 4 aromatic rings. The summed E-state index contributed by atoms with van der Waals surface area (Å²) in [7, 11) is 1.87. The Bertz CT molecular complexity index is 1280. The number of hydrogen-bond donors (Lipinski definition) is 1. The van der Waals surface area contributed by atoms with Crippen molar-refractivity contribution >= 4 is 35.0 Å². The number of anilines is 1. The van der Waals surface area contributed by atoms with Gasteiger partial charge in [-0.1, -0.05) is 65.8 Å². The predicted molar refractivity (Wildman–Crippen MR) is 136 cm³/mol. The van der Waals surface area contributed by atoms with E-state index in [4.69, 9.17) is 16.3 Å². The summed E-state index contributed by atoms with van der Waals surface area (Å²) in [4.78, 5) is 13.4. The van der Waals surface area contributed by atoms with Crippen molar-refractivity contribution in [1.82, 2.24) is 14.8 Å². The number of carbonyl (C=O) groups excluding carboxylic acids is 1. The third kappa shape index (κ3) is 5.79. The van der Waals surface area contributed by atoms with Crippen molar-refractivity contribution in [3.05, 3.63) is 100 Å². The number of amides is 1. The van der Waals surface area contributed by atoms with Gasteiger partial charge >= 0.3 is 0 Å². The standard InChI is InChI=1S/C26H25ClN4O2S/c1-17-9-10-18(2)22(15-17)28-25(32)24(19-7-5-4-6-8-19)34-26-30-29-23(31(26)3)16-33-21-13-11-20(27)12-14-21/h4-15,24H,16H2,1-3H3,(H,28,32). The highest BCUT2D eigenvalue weighted by molar-refractivity contribution is 8.00. The van der Waals surface area contributed by atoms with Crippen molar-refractivity contribution in [2.45, 2.75) is 30.9 Å². The minimum atomic E-state index is -0.506. The van der Waals surface area contributed by atoms with Gasteiger partial charge in [0.05, 0.1) is 0 Å². The first-order valence-corrected chi connectivity index (χ1v) is 12.0. The fourth-order valence-electron chi connectivity index (χ4n) is 3.33. The molecule has 0 aliphatic heterocycles. The quantitative estimate of drug-likeness (QED) is 0.299. The van der Waals surface area contributed by atoms with Crippen LogP contribution in [-0.2, 0) is 18.4 Å². The maximum atomic E-state index is 13.4. The summed E-state index contributed by atoms with van der Waals surface area (Å²) in [5.74, 6) is 1.22. The minimum Gasteiger partial charge on any atom is -0.486 e. The van der Waals surface area contributed by atoms with Gasteiger partial charge in [0, 0.05) is 17.8 Å². The molecular weight excluding hydrogens is 468 g/mol. The van der Waals surface area contributed by atoms with Crippen LogP contribution in [0.25, 0.3) is 0 Å². The van der Waals surface area contributed by atoms with E-state index in [1.807, 2.05) is 74.0 Å². The third-order valence-electron chi connectivity index (χ3n) is 5.32. The van der Waals surface area contributed by atoms with Gasteiger partial charge < -0.3 is 14.6 Å². The Morgan fingerprint density at radius 1 is 1.06 bits per heavy atom. The topological polar surface area (TPSA) is 69.0 Å². The average molecular weight is 493 g/mol. The molecule has 1 atom stereocenters. The Hall–Kier alpha value is -3.29. The summed E-state index contributed by atoms with van der Waals surface area (Å²) in [6.07, 6.45) is 0. The molecule has 1 N–H and O–H groups in total. The number of rotatable bonds is 8. The van der Waals surface area contributed by atoms with Crippen LogP contribution in [0.1, 0.15) is 27.8 Å². The van der Waals surface area contributed by atoms with E-state index in [0.717, 1.165) is 22.4 Å². The zero-order valence-corrected chi connectivity index (χ0v) is 20.7. The Labute approximate surface area is 208 Å². The van der Waals surface area contributed by atoms with Crippen LogP contribution in [0.5, 0.6) is 5.75 Å². The molecule has 0 bridgehead atoms. The summed E-state index contributed by atoms with van der Waals surface area (Å²) < 4.78 is 7.66. The number of aromatic nitrogens is 3. The second kappa shape index (κ2) is 10.8. The van der Waals surface area contributed by atoms with Gasteiger partial charge in [-0.25, -0.2) is 0 Å². The van der Waals surface area contributed by atoms with Crippen molar-refractivity contribution in [3.8, 4) is 5.75 Å². The number of ether oxygens (including phenoxy) is 1. The van der Waals surface area contributed by atoms with E-state index in [0.29, 0.717) is 21.8 Å². The molecule has 1 heterocycles. The van der Waals surface area contributed by atoms with Crippen molar-refractivity contribution in [1.29, 1.82) is 0 Å². The van der Waals surface area contributed by atoms with Crippen molar-refractivity contribution in [3.63, 3.8) is 0 Å². The minimum absolute atomic E-state index is 0.119. The summed E-state index contributed by atoms with van der Waals surface area (Å²) in [6.45, 7) is 4.23. The van der Waals surface area contributed by atoms with Gasteiger partial charge in [-0.2, -0.15) is 0 Å². The van der Waals surface area contributed by atoms with Gasteiger partial charge in [-0.3, -0.25) is 4.79 Å². The summed E-state index contributed by atoms with van der Waals surface area (Å²) in [5.41, 5.74) is 3.79. The van der Waals surface area contributed by atoms with E-state index in [-0.39, 0.29) is 12.5 Å². The number of nitrogens with zero attached hydrogens (tertiary/aromatic N) is 3. The smallest absolute Gasteiger partial charge is 0.242 e. The average Bonchev–Trinajstić information content (AvgIpc) is 3.19. The lowest BCUT2D eigenvalue weighted by Crippen LogP contribution is -2.20. The second-order valence-corrected chi connectivity index (χ2v) is 9.43. The van der Waals surface area contributed by atoms with Crippen LogP contribution < -0.4 is 10.1 Å². The predicted octanol–water partition coefficient (Wildman–Crippen LogP) is 6.14. The monoisotopic (exact) mass is 492 g/mol. The first-order valence-electron chi connectivity index (χ1n) is 10.8. The molecule has 0 spiro atoms. The summed E-state index contributed by atoms with van der Waals surface area (Å²) >= 11 is 7.29. The van der Waals surface area contributed by atoms with Crippen LogP contribution in [-0.4, -0.2) is 20.7 Å². The maximum Gasteiger partial charge on any atom is 0.242 e. The first-order chi connectivity index (χ1) is 16.4. The number of halogens is 1. The van der Waals surface area contributed by atoms with Crippen LogP contribution in [0, 0.1) is 13.8 Å². The molecule has 0 saturated carbocycles. The Balaban J connectivity index is 1.53. The molecule has 0 aliphatic rings. The molecule has 8 heteroatoms. The fourth-order valence-corrected chi connectivity index (χ4v) is 4.47. The lowest BCUT2D eigenvalue weighted by atomic mass is 10.1. The number of aryl methyl sites for hydroxylation is 2. The van der Waals surface area contributed by atoms with Gasteiger partial charge in [0.1, 0.15) is 17.6 Å². The lowest BCUT2D eigenvalue weighted by Gasteiger charge is -2.18. The number of benzene rings is 3. The molecule has 3 aromatic carbocycles. The second-order valence-electron chi connectivity index (χ2n) is 7.92. The number of thioether (sulfide) groups is 1. The van der Waals surface area contributed by atoms with Crippen molar-refractivity contribution in [2.75, 3.05) is 5.32 Å². The van der Waals surface area contributed by atoms with Crippen LogP contribution in [0.4, 0.5) is 5.69 Å². The molecule has 1 amide bonds. The lowest BCUT2D eigenvalue weighted by molar-refractivity contribution is -0.115. The molecule has 174 valence electrons. The Morgan fingerprint density at radius 2 is 1.79 bits per heavy atom. The number of carbonyl (C=O) groups is 1. The SMILES string of the molecule is Cc1ccc(C)c(NC(=O)C(Sc2nnc(COc3ccc(Cl)cc3)n2C)c2ccccc2)c1. The highest BCUT2D eigenvalue weighted by atomic mass is 35.5. The highest BCUT2D eigenvalue weighted by Gasteiger charge is 2.25. The molecule has 0 saturated heterocycles. The van der Waals surface area contributed by atoms with Crippen LogP contribution >= 0.6 is 23.4 Å². The van der Waals surface area contributed by atoms with Crippen LogP contribution in [0.3, 0.4) is 0 Å². The molecule has 0 fully saturated rings. The van der Waals surface area contributed by atoms with Gasteiger partial charge in [0.15, 0.2) is 11.0 Å². The van der Waals surface area contributed by atoms with Crippen molar-refractivity contribution in [2.24, 2.45) is 7.05 Å². The van der Waals surface area contributed by atoms with E-state index in [2.05, 4.69) is 15.5 Å². The molecule has 6 nitrogen and oxygen atoms in total. The molecule has 1 unspecified atom stereocenters. The molecule has 0 aliphatic carbocycles. The van der Waals surface area contributed by atoms with Crippen LogP contribution in [0.2, 0.25) is 5.02 Å². The van der Waals surface area contributed by atoms with Gasteiger partial charge in [-0.15, -0.1) is 10.2 Å². The zero-order chi connectivity index (χ0) is 24.1. The molecule has 1 aromatic heterocycles. The molecule has 34 heavy (non-hydrogen) atoms. The van der Waals surface area contributed by atoms with Crippen molar-refractivity contribution < 1.29 is 9.53 Å². The van der Waals surface area contributed by atoms with E-state index >= 15 is 0 Å². The molecular formula is C26H25ClN4O2S. The largest absolute Gasteiger partial charge is 0.486 e. The highest BCUT2D eigenvalue weighted by Crippen LogP contribution is 2.35. The van der Waals surface area contributed by atoms with Gasteiger partial charge in [-0.05, 0) is 60.9 Å². The first kappa shape index (κ1) is 23.9. The third-order valence-corrected chi connectivity index (χ3v) is 6.86. The van der Waals surface area contributed by atoms with E-state index < -0.39 is 5.25 Å². The fraction of sp³-hybridized carbons (Fsp3) is 0.192. The van der Waals surface area contributed by atoms with E-state index in [9.17, 15) is 4.79 Å². The van der Waals surface area contributed by atoms with Gasteiger partial charge in [0.2, 0.25) is 5.91 Å². The summed E-state index contributed by atoms with van der Waals surface area (Å²) in [6, 6.07) is 22.8. The van der Waals surface area contributed by atoms with Gasteiger partial charge in [0.25, 0.3) is 0 Å². The van der Waals surface area contributed by atoms with Crippen LogP contribution in [0.15, 0.2) is 78.0 Å². The molecule has 4 rings (SSSR count). The Morgan fingerprint density at radius 3 is 2.53 bits per heavy atom. The summed E-state index contributed by atoms with van der Waals surface area (Å²) in [5, 5.41) is 12.5.